The highest BCUT2D eigenvalue weighted by molar-refractivity contribution is 7.88. The molecule has 0 spiro atoms. The molecule has 1 aromatic rings. The molecule has 1 aromatic heterocycles. The third-order valence-electron chi connectivity index (χ3n) is 5.29. The van der Waals surface area contributed by atoms with Gasteiger partial charge in [-0.15, -0.1) is 0 Å². The van der Waals surface area contributed by atoms with Crippen LogP contribution in [-0.2, 0) is 21.4 Å². The molecular formula is C20H31N3O3S. The Bertz CT molecular complexity index is 760. The van der Waals surface area contributed by atoms with Gasteiger partial charge in [-0.3, -0.25) is 9.78 Å². The summed E-state index contributed by atoms with van der Waals surface area (Å²) < 4.78 is 25.5. The van der Waals surface area contributed by atoms with Crippen molar-refractivity contribution in [2.45, 2.75) is 40.2 Å². The van der Waals surface area contributed by atoms with Crippen LogP contribution < -0.4 is 10.0 Å². The number of nitrogens with one attached hydrogen (secondary N) is 2. The first kappa shape index (κ1) is 21.6. The number of hydrogen-bond acceptors (Lipinski definition) is 4. The third kappa shape index (κ3) is 7.07. The molecule has 0 fully saturated rings. The lowest BCUT2D eigenvalue weighted by Crippen LogP contribution is -2.37. The number of rotatable bonds is 8. The number of pyridine rings is 1. The standard InChI is InChI=1S/C20H31N3O3S/c1-14(2)19-10-16(15(3)9-17(19)12-23-27(4,25)26)11-20(24)22-13-18-7-5-6-8-21-18/h5-9,14,16-17,19,23H,10-13H2,1-4H3,(H,22,24). The number of hydrogen-bond donors (Lipinski definition) is 2. The molecule has 3 unspecified atom stereocenters. The van der Waals surface area contributed by atoms with Crippen LogP contribution in [0.25, 0.3) is 0 Å². The summed E-state index contributed by atoms with van der Waals surface area (Å²) in [5.41, 5.74) is 2.01. The SMILES string of the molecule is CC1=CC(CNS(C)(=O)=O)C(C(C)C)CC1CC(=O)NCc1ccccn1. The zero-order valence-electron chi connectivity index (χ0n) is 16.6. The molecule has 27 heavy (non-hydrogen) atoms. The Morgan fingerprint density at radius 1 is 1.33 bits per heavy atom. The fourth-order valence-electron chi connectivity index (χ4n) is 3.74. The van der Waals surface area contributed by atoms with E-state index in [1.54, 1.807) is 6.20 Å². The normalized spacial score (nSPS) is 23.1. The van der Waals surface area contributed by atoms with Gasteiger partial charge in [0.05, 0.1) is 18.5 Å². The van der Waals surface area contributed by atoms with Gasteiger partial charge in [-0.25, -0.2) is 13.1 Å². The second-order valence-electron chi connectivity index (χ2n) is 7.84. The van der Waals surface area contributed by atoms with Gasteiger partial charge in [0.15, 0.2) is 0 Å². The second kappa shape index (κ2) is 9.46. The lowest BCUT2D eigenvalue weighted by atomic mass is 9.70. The van der Waals surface area contributed by atoms with E-state index in [1.807, 2.05) is 25.1 Å². The van der Waals surface area contributed by atoms with Crippen molar-refractivity contribution in [1.82, 2.24) is 15.0 Å². The van der Waals surface area contributed by atoms with Crippen LogP contribution >= 0.6 is 0 Å². The first-order chi connectivity index (χ1) is 12.7. The summed E-state index contributed by atoms with van der Waals surface area (Å²) in [6, 6.07) is 5.64. The van der Waals surface area contributed by atoms with Crippen LogP contribution in [0.3, 0.4) is 0 Å². The maximum absolute atomic E-state index is 12.4. The van der Waals surface area contributed by atoms with E-state index in [0.717, 1.165) is 12.1 Å². The first-order valence-corrected chi connectivity index (χ1v) is 11.3. The minimum atomic E-state index is -3.21. The number of allylic oxidation sites excluding steroid dienone is 1. The second-order valence-corrected chi connectivity index (χ2v) is 9.67. The van der Waals surface area contributed by atoms with E-state index < -0.39 is 10.0 Å². The van der Waals surface area contributed by atoms with Crippen LogP contribution in [0.5, 0.6) is 0 Å². The minimum absolute atomic E-state index is 0.0219. The number of amides is 1. The number of carbonyl (C=O) groups excluding carboxylic acids is 1. The number of nitrogens with zero attached hydrogens (tertiary/aromatic N) is 1. The van der Waals surface area contributed by atoms with Crippen molar-refractivity contribution in [1.29, 1.82) is 0 Å². The van der Waals surface area contributed by atoms with Gasteiger partial charge in [0.25, 0.3) is 0 Å². The van der Waals surface area contributed by atoms with Crippen LogP contribution in [0, 0.1) is 23.7 Å². The molecule has 0 aliphatic heterocycles. The predicted molar refractivity (Wildman–Crippen MR) is 107 cm³/mol. The molecule has 0 aromatic carbocycles. The van der Waals surface area contributed by atoms with Crippen molar-refractivity contribution in [2.75, 3.05) is 12.8 Å². The molecule has 1 aliphatic rings. The van der Waals surface area contributed by atoms with Crippen LogP contribution in [-0.4, -0.2) is 32.1 Å². The summed E-state index contributed by atoms with van der Waals surface area (Å²) in [4.78, 5) is 16.6. The maximum Gasteiger partial charge on any atom is 0.220 e. The van der Waals surface area contributed by atoms with Crippen molar-refractivity contribution < 1.29 is 13.2 Å². The van der Waals surface area contributed by atoms with Gasteiger partial charge in [0.1, 0.15) is 0 Å². The summed E-state index contributed by atoms with van der Waals surface area (Å²) in [5.74, 6) is 1.13. The zero-order chi connectivity index (χ0) is 20.0. The molecule has 1 amide bonds. The summed E-state index contributed by atoms with van der Waals surface area (Å²) >= 11 is 0. The van der Waals surface area contributed by atoms with Crippen LogP contribution in [0.2, 0.25) is 0 Å². The monoisotopic (exact) mass is 393 g/mol. The van der Waals surface area contributed by atoms with E-state index >= 15 is 0 Å². The molecule has 150 valence electrons. The Kier molecular flexibility index (Phi) is 7.56. The molecular weight excluding hydrogens is 362 g/mol. The Balaban J connectivity index is 1.97. The highest BCUT2D eigenvalue weighted by atomic mass is 32.2. The van der Waals surface area contributed by atoms with E-state index in [4.69, 9.17) is 0 Å². The largest absolute Gasteiger partial charge is 0.350 e. The molecule has 0 radical (unpaired) electrons. The van der Waals surface area contributed by atoms with Crippen molar-refractivity contribution in [2.24, 2.45) is 23.7 Å². The molecule has 6 nitrogen and oxygen atoms in total. The fraction of sp³-hybridized carbons (Fsp3) is 0.600. The van der Waals surface area contributed by atoms with Gasteiger partial charge in [0, 0.05) is 19.2 Å². The Morgan fingerprint density at radius 3 is 2.67 bits per heavy atom. The maximum atomic E-state index is 12.4. The average Bonchev–Trinajstić information content (AvgIpc) is 2.60. The average molecular weight is 394 g/mol. The van der Waals surface area contributed by atoms with E-state index in [-0.39, 0.29) is 17.7 Å². The summed E-state index contributed by atoms with van der Waals surface area (Å²) in [7, 11) is -3.21. The zero-order valence-corrected chi connectivity index (χ0v) is 17.4. The molecule has 2 rings (SSSR count). The quantitative estimate of drug-likeness (QED) is 0.664. The van der Waals surface area contributed by atoms with Gasteiger partial charge < -0.3 is 5.32 Å². The highest BCUT2D eigenvalue weighted by Gasteiger charge is 2.32. The van der Waals surface area contributed by atoms with Crippen molar-refractivity contribution in [3.63, 3.8) is 0 Å². The molecule has 0 saturated carbocycles. The lowest BCUT2D eigenvalue weighted by Gasteiger charge is -2.37. The van der Waals surface area contributed by atoms with E-state index in [2.05, 4.69) is 34.9 Å². The molecule has 1 heterocycles. The third-order valence-corrected chi connectivity index (χ3v) is 5.98. The fourth-order valence-corrected chi connectivity index (χ4v) is 4.24. The van der Waals surface area contributed by atoms with Gasteiger partial charge in [-0.1, -0.05) is 31.6 Å². The topological polar surface area (TPSA) is 88.2 Å². The van der Waals surface area contributed by atoms with Crippen molar-refractivity contribution >= 4 is 15.9 Å². The predicted octanol–water partition coefficient (Wildman–Crippen LogP) is 2.49. The van der Waals surface area contributed by atoms with E-state index in [9.17, 15) is 13.2 Å². The van der Waals surface area contributed by atoms with Crippen molar-refractivity contribution in [3.05, 3.63) is 41.7 Å². The molecule has 0 saturated heterocycles. The van der Waals surface area contributed by atoms with Gasteiger partial charge >= 0.3 is 0 Å². The number of aromatic nitrogens is 1. The first-order valence-electron chi connectivity index (χ1n) is 9.45. The summed E-state index contributed by atoms with van der Waals surface area (Å²) in [6.07, 6.45) is 6.40. The highest BCUT2D eigenvalue weighted by Crippen LogP contribution is 2.38. The Labute approximate surface area is 162 Å². The Morgan fingerprint density at radius 2 is 2.07 bits per heavy atom. The summed E-state index contributed by atoms with van der Waals surface area (Å²) in [6.45, 7) is 7.21. The van der Waals surface area contributed by atoms with Crippen molar-refractivity contribution in [3.8, 4) is 0 Å². The van der Waals surface area contributed by atoms with E-state index in [0.29, 0.717) is 31.3 Å². The number of carbonyl (C=O) groups is 1. The van der Waals surface area contributed by atoms with Crippen LogP contribution in [0.15, 0.2) is 36.0 Å². The van der Waals surface area contributed by atoms with Crippen LogP contribution in [0.1, 0.15) is 39.3 Å². The van der Waals surface area contributed by atoms with Gasteiger partial charge in [0.2, 0.25) is 15.9 Å². The van der Waals surface area contributed by atoms with E-state index in [1.165, 1.54) is 11.8 Å². The molecule has 2 N–H and O–H groups in total. The smallest absolute Gasteiger partial charge is 0.220 e. The van der Waals surface area contributed by atoms with Gasteiger partial charge in [-0.2, -0.15) is 0 Å². The minimum Gasteiger partial charge on any atom is -0.350 e. The number of sulfonamides is 1. The molecule has 3 atom stereocenters. The molecule has 0 bridgehead atoms. The Hall–Kier alpha value is -1.73. The molecule has 1 aliphatic carbocycles. The van der Waals surface area contributed by atoms with Gasteiger partial charge in [-0.05, 0) is 49.1 Å². The summed E-state index contributed by atoms with van der Waals surface area (Å²) in [5, 5.41) is 2.95. The van der Waals surface area contributed by atoms with Crippen LogP contribution in [0.4, 0.5) is 0 Å². The molecule has 7 heteroatoms. The lowest BCUT2D eigenvalue weighted by molar-refractivity contribution is -0.122.